The maximum atomic E-state index is 8.60. The standard InChI is InChI=1S/C7H4N4.ClH/c8-1-5-2-10-7-6(5)3-9-4-11-7;/h2-4H,(H,9,10,11);1H. The Morgan fingerprint density at radius 1 is 1.50 bits per heavy atom. The van der Waals surface area contributed by atoms with Crippen molar-refractivity contribution in [1.82, 2.24) is 15.0 Å². The monoisotopic (exact) mass is 180 g/mol. The lowest BCUT2D eigenvalue weighted by molar-refractivity contribution is 1.20. The van der Waals surface area contributed by atoms with E-state index >= 15 is 0 Å². The fraction of sp³-hybridized carbons (Fsp3) is 0. The molecule has 0 amide bonds. The Balaban J connectivity index is 0.000000720. The summed E-state index contributed by atoms with van der Waals surface area (Å²) in [6.07, 6.45) is 4.69. The summed E-state index contributed by atoms with van der Waals surface area (Å²) in [6.45, 7) is 0. The van der Waals surface area contributed by atoms with E-state index in [0.717, 1.165) is 5.39 Å². The number of aromatic nitrogens is 3. The second-order valence-corrected chi connectivity index (χ2v) is 2.10. The number of nitrogens with zero attached hydrogens (tertiary/aromatic N) is 3. The third kappa shape index (κ3) is 1.11. The maximum Gasteiger partial charge on any atom is 0.142 e. The number of halogens is 1. The van der Waals surface area contributed by atoms with Crippen LogP contribution in [0.3, 0.4) is 0 Å². The number of hydrogen-bond acceptors (Lipinski definition) is 3. The summed E-state index contributed by atoms with van der Waals surface area (Å²) < 4.78 is 0. The summed E-state index contributed by atoms with van der Waals surface area (Å²) in [6, 6.07) is 2.04. The average molecular weight is 181 g/mol. The van der Waals surface area contributed by atoms with Crippen LogP contribution in [0.15, 0.2) is 18.7 Å². The van der Waals surface area contributed by atoms with Gasteiger partial charge in [0, 0.05) is 12.4 Å². The van der Waals surface area contributed by atoms with Crippen molar-refractivity contribution in [2.24, 2.45) is 0 Å². The summed E-state index contributed by atoms with van der Waals surface area (Å²) in [5.74, 6) is 0. The van der Waals surface area contributed by atoms with E-state index in [1.807, 2.05) is 6.07 Å². The van der Waals surface area contributed by atoms with Crippen LogP contribution in [0.4, 0.5) is 0 Å². The first-order valence-electron chi connectivity index (χ1n) is 3.09. The minimum atomic E-state index is 0. The van der Waals surface area contributed by atoms with Gasteiger partial charge in [-0.25, -0.2) is 9.97 Å². The molecule has 2 rings (SSSR count). The zero-order chi connectivity index (χ0) is 7.68. The summed E-state index contributed by atoms with van der Waals surface area (Å²) >= 11 is 0. The molecule has 0 radical (unpaired) electrons. The first kappa shape index (κ1) is 8.50. The van der Waals surface area contributed by atoms with Crippen molar-refractivity contribution >= 4 is 23.4 Å². The average Bonchev–Trinajstić information content (AvgIpc) is 2.47. The van der Waals surface area contributed by atoms with Gasteiger partial charge in [-0.05, 0) is 0 Å². The Morgan fingerprint density at radius 3 is 3.08 bits per heavy atom. The summed E-state index contributed by atoms with van der Waals surface area (Å²) in [7, 11) is 0. The number of rotatable bonds is 0. The van der Waals surface area contributed by atoms with Gasteiger partial charge in [0.25, 0.3) is 0 Å². The van der Waals surface area contributed by atoms with Crippen molar-refractivity contribution < 1.29 is 0 Å². The predicted octanol–water partition coefficient (Wildman–Crippen LogP) is 1.25. The predicted molar refractivity (Wildman–Crippen MR) is 45.9 cm³/mol. The highest BCUT2D eigenvalue weighted by Crippen LogP contribution is 2.12. The highest BCUT2D eigenvalue weighted by Gasteiger charge is 2.01. The first-order chi connectivity index (χ1) is 5.42. The molecule has 2 aromatic heterocycles. The molecular weight excluding hydrogens is 176 g/mol. The number of aromatic amines is 1. The molecular formula is C7H5ClN4. The summed E-state index contributed by atoms with van der Waals surface area (Å²) in [4.78, 5) is 10.6. The largest absolute Gasteiger partial charge is 0.345 e. The molecule has 12 heavy (non-hydrogen) atoms. The Kier molecular flexibility index (Phi) is 2.26. The van der Waals surface area contributed by atoms with Crippen LogP contribution in [0.5, 0.6) is 0 Å². The van der Waals surface area contributed by atoms with Crippen LogP contribution in [0.1, 0.15) is 5.56 Å². The van der Waals surface area contributed by atoms with E-state index in [1.165, 1.54) is 6.33 Å². The van der Waals surface area contributed by atoms with Gasteiger partial charge in [-0.15, -0.1) is 12.4 Å². The molecule has 0 aliphatic rings. The molecule has 0 spiro atoms. The molecule has 1 N–H and O–H groups in total. The van der Waals surface area contributed by atoms with Gasteiger partial charge in [0.2, 0.25) is 0 Å². The van der Waals surface area contributed by atoms with E-state index in [1.54, 1.807) is 12.4 Å². The molecule has 0 aromatic carbocycles. The van der Waals surface area contributed by atoms with Crippen LogP contribution in [0, 0.1) is 11.3 Å². The van der Waals surface area contributed by atoms with Crippen LogP contribution in [0.25, 0.3) is 11.0 Å². The van der Waals surface area contributed by atoms with Crippen molar-refractivity contribution in [1.29, 1.82) is 5.26 Å². The van der Waals surface area contributed by atoms with E-state index in [4.69, 9.17) is 5.26 Å². The Morgan fingerprint density at radius 2 is 2.33 bits per heavy atom. The van der Waals surface area contributed by atoms with Crippen LogP contribution in [-0.4, -0.2) is 15.0 Å². The van der Waals surface area contributed by atoms with Crippen LogP contribution in [0.2, 0.25) is 0 Å². The molecule has 0 aliphatic heterocycles. The van der Waals surface area contributed by atoms with Crippen molar-refractivity contribution in [2.75, 3.05) is 0 Å². The first-order valence-corrected chi connectivity index (χ1v) is 3.09. The smallest absolute Gasteiger partial charge is 0.142 e. The Hall–Kier alpha value is -1.60. The van der Waals surface area contributed by atoms with Crippen molar-refractivity contribution in [3.05, 3.63) is 24.3 Å². The van der Waals surface area contributed by atoms with E-state index in [9.17, 15) is 0 Å². The Bertz CT molecular complexity index is 428. The molecule has 0 saturated carbocycles. The van der Waals surface area contributed by atoms with Crippen molar-refractivity contribution in [3.63, 3.8) is 0 Å². The lowest BCUT2D eigenvalue weighted by Crippen LogP contribution is -1.77. The molecule has 5 heteroatoms. The van der Waals surface area contributed by atoms with E-state index < -0.39 is 0 Å². The van der Waals surface area contributed by atoms with Gasteiger partial charge in [0.15, 0.2) is 0 Å². The molecule has 0 unspecified atom stereocenters. The normalized spacial score (nSPS) is 8.92. The number of nitriles is 1. The maximum absolute atomic E-state index is 8.60. The molecule has 0 fully saturated rings. The van der Waals surface area contributed by atoms with Gasteiger partial charge in [0.1, 0.15) is 18.0 Å². The highest BCUT2D eigenvalue weighted by atomic mass is 35.5. The van der Waals surface area contributed by atoms with Crippen molar-refractivity contribution in [2.45, 2.75) is 0 Å². The van der Waals surface area contributed by atoms with Gasteiger partial charge < -0.3 is 4.98 Å². The molecule has 0 aliphatic carbocycles. The van der Waals surface area contributed by atoms with E-state index in [2.05, 4.69) is 15.0 Å². The summed E-state index contributed by atoms with van der Waals surface area (Å²) in [5, 5.41) is 9.37. The van der Waals surface area contributed by atoms with Crippen LogP contribution >= 0.6 is 12.4 Å². The van der Waals surface area contributed by atoms with Crippen LogP contribution in [-0.2, 0) is 0 Å². The van der Waals surface area contributed by atoms with Gasteiger partial charge in [-0.1, -0.05) is 0 Å². The number of hydrogen-bond donors (Lipinski definition) is 1. The number of fused-ring (bicyclic) bond motifs is 1. The Labute approximate surface area is 74.7 Å². The molecule has 4 nitrogen and oxygen atoms in total. The fourth-order valence-electron chi connectivity index (χ4n) is 0.953. The second kappa shape index (κ2) is 3.20. The minimum Gasteiger partial charge on any atom is -0.345 e. The minimum absolute atomic E-state index is 0. The molecule has 0 atom stereocenters. The number of nitrogens with one attached hydrogen (secondary N) is 1. The van der Waals surface area contributed by atoms with Crippen LogP contribution < -0.4 is 0 Å². The molecule has 0 saturated heterocycles. The zero-order valence-corrected chi connectivity index (χ0v) is 6.80. The van der Waals surface area contributed by atoms with E-state index in [0.29, 0.717) is 11.2 Å². The van der Waals surface area contributed by atoms with Crippen molar-refractivity contribution in [3.8, 4) is 6.07 Å². The van der Waals surface area contributed by atoms with Gasteiger partial charge in [-0.3, -0.25) is 0 Å². The topological polar surface area (TPSA) is 65.4 Å². The van der Waals surface area contributed by atoms with Gasteiger partial charge >= 0.3 is 0 Å². The lowest BCUT2D eigenvalue weighted by Gasteiger charge is -1.84. The zero-order valence-electron chi connectivity index (χ0n) is 5.98. The fourth-order valence-corrected chi connectivity index (χ4v) is 0.953. The molecule has 0 bridgehead atoms. The third-order valence-electron chi connectivity index (χ3n) is 1.48. The summed E-state index contributed by atoms with van der Waals surface area (Å²) in [5.41, 5.74) is 1.29. The lowest BCUT2D eigenvalue weighted by atomic mass is 10.3. The van der Waals surface area contributed by atoms with Gasteiger partial charge in [0.05, 0.1) is 10.9 Å². The highest BCUT2D eigenvalue weighted by molar-refractivity contribution is 5.85. The van der Waals surface area contributed by atoms with E-state index in [-0.39, 0.29) is 12.4 Å². The number of H-pyrrole nitrogens is 1. The third-order valence-corrected chi connectivity index (χ3v) is 1.48. The SMILES string of the molecule is Cl.N#Cc1c[nH]c2ncncc12. The molecule has 2 heterocycles. The second-order valence-electron chi connectivity index (χ2n) is 2.10. The molecule has 60 valence electrons. The molecule has 2 aromatic rings. The quantitative estimate of drug-likeness (QED) is 0.664. The van der Waals surface area contributed by atoms with Gasteiger partial charge in [-0.2, -0.15) is 5.26 Å².